The molecule has 0 heterocycles. The lowest BCUT2D eigenvalue weighted by atomic mass is 9.99. The molecule has 0 saturated carbocycles. The molecule has 5 rings (SSSR count). The van der Waals surface area contributed by atoms with E-state index in [1.165, 1.54) is 38.9 Å². The molecule has 3 aromatic carbocycles. The molecular formula is C24H20Si. The van der Waals surface area contributed by atoms with E-state index in [4.69, 9.17) is 0 Å². The third kappa shape index (κ3) is 2.19. The molecule has 0 amide bonds. The zero-order valence-corrected chi connectivity index (χ0v) is 15.6. The number of hydrogen-bond donors (Lipinski definition) is 0. The van der Waals surface area contributed by atoms with E-state index in [0.717, 1.165) is 9.52 Å². The van der Waals surface area contributed by atoms with Gasteiger partial charge in [0.25, 0.3) is 0 Å². The Morgan fingerprint density at radius 2 is 1.32 bits per heavy atom. The summed E-state index contributed by atoms with van der Waals surface area (Å²) in [6.45, 7) is 4.49. The number of fused-ring (bicyclic) bond motifs is 4. The molecule has 0 fully saturated rings. The van der Waals surface area contributed by atoms with Crippen LogP contribution in [0.25, 0.3) is 17.2 Å². The van der Waals surface area contributed by atoms with E-state index in [0.29, 0.717) is 11.1 Å². The van der Waals surface area contributed by atoms with Gasteiger partial charge in [-0.3, -0.25) is 0 Å². The fourth-order valence-electron chi connectivity index (χ4n) is 4.43. The highest BCUT2D eigenvalue weighted by Crippen LogP contribution is 2.46. The Morgan fingerprint density at radius 1 is 0.720 bits per heavy atom. The predicted octanol–water partition coefficient (Wildman–Crippen LogP) is 5.85. The lowest BCUT2D eigenvalue weighted by molar-refractivity contribution is 1.09. The molecule has 0 nitrogen and oxygen atoms in total. The highest BCUT2D eigenvalue weighted by molar-refractivity contribution is 6.43. The van der Waals surface area contributed by atoms with Crippen molar-refractivity contribution in [3.63, 3.8) is 0 Å². The van der Waals surface area contributed by atoms with Gasteiger partial charge in [0.05, 0.1) is 9.52 Å². The van der Waals surface area contributed by atoms with Crippen LogP contribution in [0.3, 0.4) is 0 Å². The van der Waals surface area contributed by atoms with Crippen molar-refractivity contribution in [2.45, 2.75) is 24.9 Å². The second-order valence-corrected chi connectivity index (χ2v) is 8.67. The van der Waals surface area contributed by atoms with Crippen LogP contribution in [-0.4, -0.2) is 9.52 Å². The standard InChI is InChI=1S/C24H20Si/c1-15-11-12-16(2)23-17(15)13-14-22(23)25-24-20-9-5-3-7-18(20)19-8-4-6-10-21(19)24/h3-14,22,24H,1-2H3. The number of rotatable bonds is 2. The number of benzene rings is 3. The average molecular weight is 337 g/mol. The fraction of sp³-hybridized carbons (Fsp3) is 0.167. The lowest BCUT2D eigenvalue weighted by Gasteiger charge is -2.20. The van der Waals surface area contributed by atoms with Gasteiger partial charge >= 0.3 is 0 Å². The first kappa shape index (κ1) is 14.9. The molecule has 1 unspecified atom stereocenters. The minimum absolute atomic E-state index is 0.521. The van der Waals surface area contributed by atoms with Crippen LogP contribution in [0, 0.1) is 13.8 Å². The normalized spacial score (nSPS) is 17.4. The smallest absolute Gasteiger partial charge is 0.0679 e. The SMILES string of the molecule is Cc1ccc(C)c2c1C=CC2[Si]C1c2ccccc2-c2ccccc21. The van der Waals surface area contributed by atoms with E-state index in [2.05, 4.69) is 86.7 Å². The van der Waals surface area contributed by atoms with Crippen LogP contribution in [-0.2, 0) is 0 Å². The first-order chi connectivity index (χ1) is 12.2. The Morgan fingerprint density at radius 3 is 2.00 bits per heavy atom. The fourth-order valence-corrected chi connectivity index (χ4v) is 6.41. The first-order valence-electron chi connectivity index (χ1n) is 8.96. The summed E-state index contributed by atoms with van der Waals surface area (Å²) in [4.78, 5) is 0. The molecule has 120 valence electrons. The van der Waals surface area contributed by atoms with Crippen molar-refractivity contribution in [1.82, 2.24) is 0 Å². The van der Waals surface area contributed by atoms with Crippen LogP contribution in [0.4, 0.5) is 0 Å². The topological polar surface area (TPSA) is 0 Å². The highest BCUT2D eigenvalue weighted by Gasteiger charge is 2.32. The summed E-state index contributed by atoms with van der Waals surface area (Å²) in [5.74, 6) is 0. The molecule has 3 aromatic rings. The Kier molecular flexibility index (Phi) is 3.32. The quantitative estimate of drug-likeness (QED) is 0.515. The minimum Gasteiger partial charge on any atom is -0.0796 e. The van der Waals surface area contributed by atoms with Crippen molar-refractivity contribution in [1.29, 1.82) is 0 Å². The van der Waals surface area contributed by atoms with E-state index in [9.17, 15) is 0 Å². The van der Waals surface area contributed by atoms with E-state index in [1.807, 2.05) is 0 Å². The average Bonchev–Trinajstić information content (AvgIpc) is 3.20. The van der Waals surface area contributed by atoms with E-state index >= 15 is 0 Å². The maximum atomic E-state index is 2.44. The second-order valence-electron chi connectivity index (χ2n) is 7.14. The number of allylic oxidation sites excluding steroid dienone is 1. The molecule has 1 atom stereocenters. The van der Waals surface area contributed by atoms with Crippen molar-refractivity contribution in [2.24, 2.45) is 0 Å². The summed E-state index contributed by atoms with van der Waals surface area (Å²) in [5.41, 5.74) is 12.8. The third-order valence-electron chi connectivity index (χ3n) is 5.67. The summed E-state index contributed by atoms with van der Waals surface area (Å²) < 4.78 is 0. The Bertz CT molecular complexity index is 967. The Balaban J connectivity index is 1.59. The molecule has 2 aliphatic carbocycles. The van der Waals surface area contributed by atoms with Gasteiger partial charge in [-0.2, -0.15) is 0 Å². The van der Waals surface area contributed by atoms with E-state index < -0.39 is 0 Å². The van der Waals surface area contributed by atoms with Crippen LogP contribution in [0.15, 0.2) is 66.7 Å². The van der Waals surface area contributed by atoms with Crippen molar-refractivity contribution < 1.29 is 0 Å². The monoisotopic (exact) mass is 336 g/mol. The Hall–Kier alpha value is -2.38. The van der Waals surface area contributed by atoms with E-state index in [-0.39, 0.29) is 0 Å². The maximum absolute atomic E-state index is 2.44. The van der Waals surface area contributed by atoms with Gasteiger partial charge in [0.15, 0.2) is 0 Å². The molecule has 25 heavy (non-hydrogen) atoms. The van der Waals surface area contributed by atoms with Gasteiger partial charge in [0, 0.05) is 5.54 Å². The van der Waals surface area contributed by atoms with Gasteiger partial charge in [-0.1, -0.05) is 72.8 Å². The molecule has 2 radical (unpaired) electrons. The second kappa shape index (κ2) is 5.57. The van der Waals surface area contributed by atoms with Crippen LogP contribution in [0.2, 0.25) is 0 Å². The van der Waals surface area contributed by atoms with Crippen molar-refractivity contribution in [3.05, 3.63) is 100 Å². The largest absolute Gasteiger partial charge is 0.0796 e. The number of aryl methyl sites for hydroxylation is 2. The molecule has 2 aliphatic rings. The first-order valence-corrected chi connectivity index (χ1v) is 10.1. The number of hydrogen-bond acceptors (Lipinski definition) is 0. The molecule has 0 aromatic heterocycles. The van der Waals surface area contributed by atoms with Crippen LogP contribution in [0.1, 0.15) is 44.5 Å². The highest BCUT2D eigenvalue weighted by atomic mass is 28.2. The molecule has 1 heteroatoms. The summed E-state index contributed by atoms with van der Waals surface area (Å²) in [5, 5.41) is 0. The van der Waals surface area contributed by atoms with Gasteiger partial charge in [0.2, 0.25) is 0 Å². The molecular weight excluding hydrogens is 316 g/mol. The zero-order chi connectivity index (χ0) is 17.0. The van der Waals surface area contributed by atoms with Gasteiger partial charge < -0.3 is 0 Å². The summed E-state index contributed by atoms with van der Waals surface area (Å²) >= 11 is 0. The van der Waals surface area contributed by atoms with E-state index in [1.54, 1.807) is 5.56 Å². The van der Waals surface area contributed by atoms with Crippen molar-refractivity contribution in [3.8, 4) is 11.1 Å². The van der Waals surface area contributed by atoms with Crippen molar-refractivity contribution in [2.75, 3.05) is 0 Å². The summed E-state index contributed by atoms with van der Waals surface area (Å²) in [6.07, 6.45) is 4.79. The van der Waals surface area contributed by atoms with Gasteiger partial charge in [-0.25, -0.2) is 0 Å². The molecule has 0 saturated heterocycles. The molecule has 0 bridgehead atoms. The third-order valence-corrected chi connectivity index (χ3v) is 7.47. The minimum atomic E-state index is 0.521. The Labute approximate surface area is 152 Å². The van der Waals surface area contributed by atoms with Gasteiger partial charge in [0.1, 0.15) is 0 Å². The predicted molar refractivity (Wildman–Crippen MR) is 107 cm³/mol. The summed E-state index contributed by atoms with van der Waals surface area (Å²) in [6, 6.07) is 22.5. The zero-order valence-electron chi connectivity index (χ0n) is 14.6. The lowest BCUT2D eigenvalue weighted by Crippen LogP contribution is -2.15. The van der Waals surface area contributed by atoms with Crippen LogP contribution < -0.4 is 0 Å². The van der Waals surface area contributed by atoms with Crippen LogP contribution >= 0.6 is 0 Å². The van der Waals surface area contributed by atoms with Gasteiger partial charge in [-0.05, 0) is 63.9 Å². The molecule has 0 N–H and O–H groups in total. The maximum Gasteiger partial charge on any atom is 0.0679 e. The summed E-state index contributed by atoms with van der Waals surface area (Å²) in [7, 11) is 0.846. The molecule has 0 aliphatic heterocycles. The van der Waals surface area contributed by atoms with Crippen molar-refractivity contribution >= 4 is 15.6 Å². The molecule has 0 spiro atoms. The van der Waals surface area contributed by atoms with Gasteiger partial charge in [-0.15, -0.1) is 0 Å². The van der Waals surface area contributed by atoms with Crippen LogP contribution in [0.5, 0.6) is 0 Å².